The van der Waals surface area contributed by atoms with Crippen molar-refractivity contribution in [2.75, 3.05) is 23.7 Å². The number of carbonyl (C=O) groups excluding carboxylic acids is 1. The number of amides is 1. The van der Waals surface area contributed by atoms with Gasteiger partial charge in [-0.1, -0.05) is 30.3 Å². The van der Waals surface area contributed by atoms with Gasteiger partial charge in [-0.05, 0) is 55.0 Å². The van der Waals surface area contributed by atoms with Crippen molar-refractivity contribution in [1.82, 2.24) is 4.90 Å². The monoisotopic (exact) mass is 423 g/mol. The number of para-hydroxylation sites is 2. The van der Waals surface area contributed by atoms with E-state index in [0.717, 1.165) is 12.1 Å². The molecule has 3 aromatic carbocycles. The van der Waals surface area contributed by atoms with Gasteiger partial charge in [0.25, 0.3) is 5.91 Å². The molecule has 1 atom stereocenters. The minimum atomic E-state index is -2.86. The minimum absolute atomic E-state index is 0.0434. The molecule has 3 aromatic rings. The Morgan fingerprint density at radius 2 is 1.65 bits per heavy atom. The predicted molar refractivity (Wildman–Crippen MR) is 117 cm³/mol. The molecule has 4 rings (SSSR count). The SMILES string of the molecule is O=C(c1ccccc1Nc1ccc(OC(F)F)cc1)N1CCC(Nc2ccccc2)C1. The van der Waals surface area contributed by atoms with Crippen LogP contribution in [0, 0.1) is 0 Å². The number of alkyl halides is 2. The molecule has 1 aliphatic rings. The van der Waals surface area contributed by atoms with E-state index < -0.39 is 6.61 Å². The van der Waals surface area contributed by atoms with E-state index in [4.69, 9.17) is 0 Å². The molecule has 1 unspecified atom stereocenters. The van der Waals surface area contributed by atoms with Gasteiger partial charge in [-0.3, -0.25) is 4.79 Å². The molecule has 1 fully saturated rings. The van der Waals surface area contributed by atoms with Crippen LogP contribution in [0.2, 0.25) is 0 Å². The molecule has 1 heterocycles. The van der Waals surface area contributed by atoms with Crippen LogP contribution in [-0.2, 0) is 0 Å². The fourth-order valence-electron chi connectivity index (χ4n) is 3.66. The van der Waals surface area contributed by atoms with Crippen LogP contribution in [0.1, 0.15) is 16.8 Å². The highest BCUT2D eigenvalue weighted by Crippen LogP contribution is 2.26. The molecule has 7 heteroatoms. The average molecular weight is 423 g/mol. The van der Waals surface area contributed by atoms with Crippen molar-refractivity contribution in [3.63, 3.8) is 0 Å². The van der Waals surface area contributed by atoms with E-state index in [-0.39, 0.29) is 17.7 Å². The first kappa shape index (κ1) is 20.7. The number of hydrogen-bond acceptors (Lipinski definition) is 4. The zero-order valence-electron chi connectivity index (χ0n) is 16.8. The predicted octanol–water partition coefficient (Wildman–Crippen LogP) is 5.36. The summed E-state index contributed by atoms with van der Waals surface area (Å²) in [6.07, 6.45) is 0.877. The van der Waals surface area contributed by atoms with Crippen molar-refractivity contribution in [2.24, 2.45) is 0 Å². The third-order valence-corrected chi connectivity index (χ3v) is 5.14. The van der Waals surface area contributed by atoms with E-state index in [0.29, 0.717) is 30.0 Å². The third-order valence-electron chi connectivity index (χ3n) is 5.14. The van der Waals surface area contributed by atoms with E-state index in [2.05, 4.69) is 15.4 Å². The second-order valence-electron chi connectivity index (χ2n) is 7.32. The van der Waals surface area contributed by atoms with Crippen molar-refractivity contribution in [3.05, 3.63) is 84.4 Å². The average Bonchev–Trinajstić information content (AvgIpc) is 3.24. The number of ether oxygens (including phenoxy) is 1. The van der Waals surface area contributed by atoms with Gasteiger partial charge < -0.3 is 20.3 Å². The van der Waals surface area contributed by atoms with Crippen LogP contribution in [0.15, 0.2) is 78.9 Å². The molecule has 0 aliphatic carbocycles. The largest absolute Gasteiger partial charge is 0.435 e. The van der Waals surface area contributed by atoms with Gasteiger partial charge >= 0.3 is 6.61 Å². The third kappa shape index (κ3) is 5.31. The van der Waals surface area contributed by atoms with Gasteiger partial charge in [0.05, 0.1) is 11.3 Å². The van der Waals surface area contributed by atoms with E-state index >= 15 is 0 Å². The topological polar surface area (TPSA) is 53.6 Å². The summed E-state index contributed by atoms with van der Waals surface area (Å²) >= 11 is 0. The molecule has 0 bridgehead atoms. The molecular formula is C24H23F2N3O2. The number of nitrogens with one attached hydrogen (secondary N) is 2. The van der Waals surface area contributed by atoms with Crippen LogP contribution in [-0.4, -0.2) is 36.5 Å². The molecule has 0 aromatic heterocycles. The quantitative estimate of drug-likeness (QED) is 0.537. The summed E-state index contributed by atoms with van der Waals surface area (Å²) in [4.78, 5) is 15.0. The lowest BCUT2D eigenvalue weighted by Crippen LogP contribution is -2.32. The van der Waals surface area contributed by atoms with E-state index in [1.807, 2.05) is 53.4 Å². The maximum atomic E-state index is 13.2. The number of hydrogen-bond donors (Lipinski definition) is 2. The van der Waals surface area contributed by atoms with E-state index in [1.54, 1.807) is 18.2 Å². The number of carbonyl (C=O) groups is 1. The number of halogens is 2. The van der Waals surface area contributed by atoms with Crippen LogP contribution < -0.4 is 15.4 Å². The fraction of sp³-hybridized carbons (Fsp3) is 0.208. The lowest BCUT2D eigenvalue weighted by molar-refractivity contribution is -0.0498. The molecule has 0 saturated carbocycles. The smallest absolute Gasteiger partial charge is 0.387 e. The highest BCUT2D eigenvalue weighted by molar-refractivity contribution is 6.00. The van der Waals surface area contributed by atoms with Gasteiger partial charge in [-0.2, -0.15) is 8.78 Å². The zero-order valence-corrected chi connectivity index (χ0v) is 16.8. The first-order valence-corrected chi connectivity index (χ1v) is 10.1. The highest BCUT2D eigenvalue weighted by Gasteiger charge is 2.28. The fourth-order valence-corrected chi connectivity index (χ4v) is 3.66. The molecule has 0 spiro atoms. The molecular weight excluding hydrogens is 400 g/mol. The van der Waals surface area contributed by atoms with Gasteiger partial charge in [-0.25, -0.2) is 0 Å². The van der Waals surface area contributed by atoms with Crippen molar-refractivity contribution in [2.45, 2.75) is 19.1 Å². The molecule has 1 saturated heterocycles. The molecule has 0 radical (unpaired) electrons. The number of nitrogens with zero attached hydrogens (tertiary/aromatic N) is 1. The van der Waals surface area contributed by atoms with Crippen molar-refractivity contribution in [3.8, 4) is 5.75 Å². The van der Waals surface area contributed by atoms with Crippen LogP contribution in [0.3, 0.4) is 0 Å². The Hall–Kier alpha value is -3.61. The lowest BCUT2D eigenvalue weighted by atomic mass is 10.1. The Labute approximate surface area is 179 Å². The van der Waals surface area contributed by atoms with E-state index in [1.165, 1.54) is 12.1 Å². The zero-order chi connectivity index (χ0) is 21.6. The summed E-state index contributed by atoms with van der Waals surface area (Å²) in [5.74, 6) is 0.0389. The van der Waals surface area contributed by atoms with E-state index in [9.17, 15) is 13.6 Å². The van der Waals surface area contributed by atoms with Crippen LogP contribution in [0.4, 0.5) is 25.8 Å². The molecule has 5 nitrogen and oxygen atoms in total. The number of rotatable bonds is 7. The highest BCUT2D eigenvalue weighted by atomic mass is 19.3. The first-order valence-electron chi connectivity index (χ1n) is 10.1. The number of benzene rings is 3. The standard InChI is InChI=1S/C24H23F2N3O2/c25-24(26)31-20-12-10-18(11-13-20)28-22-9-5-4-8-21(22)23(30)29-15-14-19(16-29)27-17-6-2-1-3-7-17/h1-13,19,24,27-28H,14-16H2. The molecule has 2 N–H and O–H groups in total. The van der Waals surface area contributed by atoms with Crippen molar-refractivity contribution >= 4 is 23.0 Å². The van der Waals surface area contributed by atoms with Crippen LogP contribution in [0.25, 0.3) is 0 Å². The van der Waals surface area contributed by atoms with Crippen molar-refractivity contribution in [1.29, 1.82) is 0 Å². The summed E-state index contributed by atoms with van der Waals surface area (Å²) in [7, 11) is 0. The summed E-state index contributed by atoms with van der Waals surface area (Å²) in [5, 5.41) is 6.68. The van der Waals surface area contributed by atoms with Crippen molar-refractivity contribution < 1.29 is 18.3 Å². The summed E-state index contributed by atoms with van der Waals surface area (Å²) < 4.78 is 29.0. The Balaban J connectivity index is 1.42. The van der Waals surface area contributed by atoms with Gasteiger partial charge in [0.1, 0.15) is 5.75 Å². The van der Waals surface area contributed by atoms with Gasteiger partial charge in [-0.15, -0.1) is 0 Å². The van der Waals surface area contributed by atoms with Crippen LogP contribution in [0.5, 0.6) is 5.75 Å². The normalized spacial score (nSPS) is 15.7. The Morgan fingerprint density at radius 3 is 2.39 bits per heavy atom. The number of likely N-dealkylation sites (tertiary alicyclic amines) is 1. The van der Waals surface area contributed by atoms with Gasteiger partial charge in [0.2, 0.25) is 0 Å². The summed E-state index contributed by atoms with van der Waals surface area (Å²) in [6.45, 7) is -1.56. The molecule has 1 aliphatic heterocycles. The Kier molecular flexibility index (Phi) is 6.31. The van der Waals surface area contributed by atoms with Crippen LogP contribution >= 0.6 is 0 Å². The molecule has 1 amide bonds. The molecule has 160 valence electrons. The number of anilines is 3. The maximum Gasteiger partial charge on any atom is 0.387 e. The summed E-state index contributed by atoms with van der Waals surface area (Å²) in [6, 6.07) is 23.6. The van der Waals surface area contributed by atoms with Gasteiger partial charge in [0, 0.05) is 30.5 Å². The summed E-state index contributed by atoms with van der Waals surface area (Å²) in [5.41, 5.74) is 2.94. The van der Waals surface area contributed by atoms with Gasteiger partial charge in [0.15, 0.2) is 0 Å². The first-order chi connectivity index (χ1) is 15.1. The lowest BCUT2D eigenvalue weighted by Gasteiger charge is -2.20. The Morgan fingerprint density at radius 1 is 0.935 bits per heavy atom. The second kappa shape index (κ2) is 9.47. The Bertz CT molecular complexity index is 1010. The second-order valence-corrected chi connectivity index (χ2v) is 7.32. The molecule has 31 heavy (non-hydrogen) atoms. The maximum absolute atomic E-state index is 13.2. The minimum Gasteiger partial charge on any atom is -0.435 e.